The van der Waals surface area contributed by atoms with Crippen LogP contribution in [-0.4, -0.2) is 14.8 Å². The third kappa shape index (κ3) is 5.16. The summed E-state index contributed by atoms with van der Waals surface area (Å²) in [6.07, 6.45) is 0. The lowest BCUT2D eigenvalue weighted by molar-refractivity contribution is 0.753. The molecule has 0 heterocycles. The van der Waals surface area contributed by atoms with Crippen LogP contribution in [-0.2, 0) is 0 Å². The lowest BCUT2D eigenvalue weighted by atomic mass is 10.2. The van der Waals surface area contributed by atoms with E-state index in [1.54, 1.807) is 0 Å². The Morgan fingerprint density at radius 1 is 1.44 bits per heavy atom. The zero-order valence-electron chi connectivity index (χ0n) is 6.87. The van der Waals surface area contributed by atoms with E-state index in [0.29, 0.717) is 5.04 Å². The van der Waals surface area contributed by atoms with Crippen molar-refractivity contribution >= 4 is 25.4 Å². The van der Waals surface area contributed by atoms with Gasteiger partial charge in [0, 0.05) is 14.8 Å². The monoisotopic (exact) mass is 208 g/mol. The largest absolute Gasteiger partial charge is 0.0926 e. The molecule has 0 amide bonds. The van der Waals surface area contributed by atoms with Crippen molar-refractivity contribution in [3.8, 4) is 0 Å². The number of hydrogen-bond acceptors (Lipinski definition) is 0. The molecule has 2 heteroatoms. The van der Waals surface area contributed by atoms with Gasteiger partial charge >= 0.3 is 0 Å². The molecule has 0 radical (unpaired) electrons. The van der Waals surface area contributed by atoms with E-state index in [-0.39, 0.29) is 9.52 Å². The summed E-state index contributed by atoms with van der Waals surface area (Å²) in [6.45, 7) is 9.37. The van der Waals surface area contributed by atoms with Gasteiger partial charge in [-0.2, -0.15) is 0 Å². The molecule has 0 unspecified atom stereocenters. The summed E-state index contributed by atoms with van der Waals surface area (Å²) in [5.74, 6) is 0. The van der Waals surface area contributed by atoms with Crippen LogP contribution in [0.25, 0.3) is 0 Å². The predicted octanol–water partition coefficient (Wildman–Crippen LogP) is 2.58. The molecular formula is C7H17BrSi. The Bertz CT molecular complexity index is 79.0. The van der Waals surface area contributed by atoms with Gasteiger partial charge in [0.05, 0.1) is 0 Å². The van der Waals surface area contributed by atoms with Crippen molar-refractivity contribution in [3.05, 3.63) is 0 Å². The van der Waals surface area contributed by atoms with Crippen LogP contribution in [0.15, 0.2) is 0 Å². The molecular weight excluding hydrogens is 192 g/mol. The molecule has 0 nitrogen and oxygen atoms in total. The average Bonchev–Trinajstić information content (AvgIpc) is 1.63. The average molecular weight is 209 g/mol. The summed E-state index contributed by atoms with van der Waals surface area (Å²) in [4.78, 5) is 0. The Morgan fingerprint density at radius 3 is 2.00 bits per heavy atom. The maximum atomic E-state index is 3.53. The van der Waals surface area contributed by atoms with Gasteiger partial charge in [0.15, 0.2) is 0 Å². The molecule has 9 heavy (non-hydrogen) atoms. The fourth-order valence-electron chi connectivity index (χ4n) is 1.16. The van der Waals surface area contributed by atoms with Gasteiger partial charge in [-0.25, -0.2) is 0 Å². The topological polar surface area (TPSA) is 0 Å². The lowest BCUT2D eigenvalue weighted by Gasteiger charge is -2.22. The van der Waals surface area contributed by atoms with E-state index in [4.69, 9.17) is 0 Å². The van der Waals surface area contributed by atoms with E-state index in [2.05, 4.69) is 43.6 Å². The number of hydrogen-bond donors (Lipinski definition) is 0. The maximum Gasteiger partial charge on any atom is 0.0300 e. The van der Waals surface area contributed by atoms with E-state index in [9.17, 15) is 0 Å². The van der Waals surface area contributed by atoms with Gasteiger partial charge in [0.25, 0.3) is 0 Å². The Kier molecular flexibility index (Phi) is 4.06. The van der Waals surface area contributed by atoms with Gasteiger partial charge in [0.1, 0.15) is 0 Å². The highest BCUT2D eigenvalue weighted by Crippen LogP contribution is 2.28. The number of rotatable bonds is 3. The molecule has 0 N–H and O–H groups in total. The molecule has 0 saturated carbocycles. The molecule has 0 aliphatic rings. The lowest BCUT2D eigenvalue weighted by Crippen LogP contribution is -2.16. The first kappa shape index (κ1) is 9.70. The highest BCUT2D eigenvalue weighted by molar-refractivity contribution is 9.09. The van der Waals surface area contributed by atoms with Gasteiger partial charge in [-0.05, 0) is 5.04 Å². The summed E-state index contributed by atoms with van der Waals surface area (Å²) >= 11 is 3.53. The van der Waals surface area contributed by atoms with Crippen LogP contribution in [0.1, 0.15) is 27.7 Å². The van der Waals surface area contributed by atoms with Crippen LogP contribution in [0, 0.1) is 0 Å². The van der Waals surface area contributed by atoms with Crippen molar-refractivity contribution in [1.29, 1.82) is 0 Å². The van der Waals surface area contributed by atoms with Gasteiger partial charge < -0.3 is 0 Å². The van der Waals surface area contributed by atoms with E-state index in [0.717, 1.165) is 5.54 Å². The Balaban J connectivity index is 3.58. The molecule has 0 rings (SSSR count). The molecule has 0 aliphatic heterocycles. The fraction of sp³-hybridized carbons (Fsp3) is 1.00. The van der Waals surface area contributed by atoms with Crippen molar-refractivity contribution in [2.24, 2.45) is 0 Å². The molecule has 0 atom stereocenters. The van der Waals surface area contributed by atoms with Gasteiger partial charge in [-0.3, -0.25) is 0 Å². The first-order valence-corrected chi connectivity index (χ1v) is 6.18. The van der Waals surface area contributed by atoms with E-state index < -0.39 is 0 Å². The number of halogens is 1. The maximum absolute atomic E-state index is 3.53. The minimum atomic E-state index is 0.127. The second-order valence-electron chi connectivity index (χ2n) is 3.90. The smallest absolute Gasteiger partial charge is 0.0300 e. The quantitative estimate of drug-likeness (QED) is 0.495. The van der Waals surface area contributed by atoms with Gasteiger partial charge in [0.2, 0.25) is 0 Å². The molecule has 0 bridgehead atoms. The summed E-state index contributed by atoms with van der Waals surface area (Å²) in [5, 5.41) is 1.79. The summed E-state index contributed by atoms with van der Waals surface area (Å²) in [5.41, 5.74) is 0.956. The van der Waals surface area contributed by atoms with Crippen molar-refractivity contribution in [3.63, 3.8) is 0 Å². The normalized spacial score (nSPS) is 14.0. The molecule has 0 spiro atoms. The first-order valence-electron chi connectivity index (χ1n) is 3.54. The van der Waals surface area contributed by atoms with E-state index in [1.165, 1.54) is 5.33 Å². The highest BCUT2D eigenvalue weighted by atomic mass is 79.9. The predicted molar refractivity (Wildman–Crippen MR) is 51.5 cm³/mol. The number of alkyl halides is 1. The van der Waals surface area contributed by atoms with E-state index >= 15 is 0 Å². The Morgan fingerprint density at radius 2 is 1.89 bits per heavy atom. The molecule has 0 aromatic carbocycles. The van der Waals surface area contributed by atoms with Crippen molar-refractivity contribution in [2.75, 3.05) is 5.33 Å². The molecule has 0 fully saturated rings. The van der Waals surface area contributed by atoms with Crippen LogP contribution in [0.3, 0.4) is 0 Å². The minimum absolute atomic E-state index is 0.127. The minimum Gasteiger partial charge on any atom is -0.0926 e. The molecule has 0 aromatic rings. The van der Waals surface area contributed by atoms with Crippen LogP contribution in [0.5, 0.6) is 0 Å². The second kappa shape index (κ2) is 3.77. The van der Waals surface area contributed by atoms with Crippen molar-refractivity contribution < 1.29 is 0 Å². The van der Waals surface area contributed by atoms with E-state index in [1.807, 2.05) is 0 Å². The van der Waals surface area contributed by atoms with Gasteiger partial charge in [-0.1, -0.05) is 49.2 Å². The van der Waals surface area contributed by atoms with Crippen LogP contribution in [0.2, 0.25) is 10.6 Å². The molecule has 0 aromatic heterocycles. The van der Waals surface area contributed by atoms with Gasteiger partial charge in [-0.15, -0.1) is 0 Å². The standard InChI is InChI=1S/C7H17BrSi/c1-6(2)9-7(3,4)5-8/h6H,5,9H2,1-4H3. The van der Waals surface area contributed by atoms with Crippen molar-refractivity contribution in [2.45, 2.75) is 38.3 Å². The van der Waals surface area contributed by atoms with Crippen LogP contribution < -0.4 is 0 Å². The summed E-state index contributed by atoms with van der Waals surface area (Å²) in [6, 6.07) is 0. The fourth-order valence-corrected chi connectivity index (χ4v) is 4.17. The SMILES string of the molecule is CC(C)[SiH2]C(C)(C)CBr. The summed E-state index contributed by atoms with van der Waals surface area (Å²) in [7, 11) is 0.127. The van der Waals surface area contributed by atoms with Crippen LogP contribution >= 0.6 is 15.9 Å². The van der Waals surface area contributed by atoms with Crippen LogP contribution in [0.4, 0.5) is 0 Å². The third-order valence-electron chi connectivity index (χ3n) is 1.32. The molecule has 0 saturated heterocycles. The second-order valence-corrected chi connectivity index (χ2v) is 8.41. The zero-order chi connectivity index (χ0) is 7.49. The zero-order valence-corrected chi connectivity index (χ0v) is 9.87. The third-order valence-corrected chi connectivity index (χ3v) is 5.74. The summed E-state index contributed by atoms with van der Waals surface area (Å²) < 4.78 is 0. The first-order chi connectivity index (χ1) is 3.98. The Hall–Kier alpha value is 0.697. The van der Waals surface area contributed by atoms with Crippen molar-refractivity contribution in [1.82, 2.24) is 0 Å². The highest BCUT2D eigenvalue weighted by Gasteiger charge is 2.17. The Labute approximate surface area is 69.4 Å². The molecule has 56 valence electrons. The molecule has 0 aliphatic carbocycles.